The van der Waals surface area contributed by atoms with Gasteiger partial charge in [0.1, 0.15) is 6.20 Å². The first kappa shape index (κ1) is 12.7. The molecular weight excluding hydrogens is 220 g/mol. The van der Waals surface area contributed by atoms with Gasteiger partial charge in [-0.05, 0) is 9.91 Å². The van der Waals surface area contributed by atoms with E-state index in [4.69, 9.17) is 5.73 Å². The van der Waals surface area contributed by atoms with Gasteiger partial charge in [0.05, 0.1) is 5.69 Å². The lowest BCUT2D eigenvalue weighted by Crippen LogP contribution is -2.24. The van der Waals surface area contributed by atoms with E-state index < -0.39 is 4.92 Å². The summed E-state index contributed by atoms with van der Waals surface area (Å²) in [5, 5.41) is 10.7. The van der Waals surface area contributed by atoms with Crippen molar-refractivity contribution >= 4 is 17.2 Å². The molecule has 1 aromatic heterocycles. The van der Waals surface area contributed by atoms with Gasteiger partial charge in [0.25, 0.3) is 0 Å². The lowest BCUT2D eigenvalue weighted by molar-refractivity contribution is -0.388. The number of rotatable bonds is 6. The van der Waals surface area contributed by atoms with Crippen LogP contribution in [-0.2, 0) is 0 Å². The Hall–Kier alpha value is -2.37. The largest absolute Gasteiger partial charge is 0.390 e. The molecule has 0 bridgehead atoms. The van der Waals surface area contributed by atoms with Gasteiger partial charge in [-0.3, -0.25) is 0 Å². The number of hydrogen-bond acceptors (Lipinski definition) is 5. The van der Waals surface area contributed by atoms with Gasteiger partial charge in [-0.1, -0.05) is 12.2 Å². The standard InChI is InChI=1S/C11H14N4O2/c1-3-7-14(8-4-2)9-5-6-13-11(10(9)12)15(16)17/h3-6H,1-2,7-8,12H2. The Morgan fingerprint density at radius 2 is 2.06 bits per heavy atom. The van der Waals surface area contributed by atoms with E-state index in [2.05, 4.69) is 18.1 Å². The minimum Gasteiger partial charge on any atom is -0.390 e. The van der Waals surface area contributed by atoms with E-state index in [0.717, 1.165) is 0 Å². The number of nitrogen functional groups attached to an aromatic ring is 1. The minimum atomic E-state index is -0.598. The van der Waals surface area contributed by atoms with E-state index in [1.807, 2.05) is 4.90 Å². The van der Waals surface area contributed by atoms with Gasteiger partial charge in [-0.2, -0.15) is 0 Å². The maximum absolute atomic E-state index is 10.7. The summed E-state index contributed by atoms with van der Waals surface area (Å²) in [7, 11) is 0. The first-order chi connectivity index (χ1) is 8.11. The van der Waals surface area contributed by atoms with E-state index >= 15 is 0 Å². The monoisotopic (exact) mass is 234 g/mol. The summed E-state index contributed by atoms with van der Waals surface area (Å²) in [5.41, 5.74) is 6.35. The second-order valence-corrected chi connectivity index (χ2v) is 3.31. The van der Waals surface area contributed by atoms with Crippen LogP contribution in [0.5, 0.6) is 0 Å². The Morgan fingerprint density at radius 1 is 1.47 bits per heavy atom. The summed E-state index contributed by atoms with van der Waals surface area (Å²) in [5.74, 6) is -0.333. The molecule has 0 aliphatic heterocycles. The lowest BCUT2D eigenvalue weighted by atomic mass is 10.2. The quantitative estimate of drug-likeness (QED) is 0.460. The van der Waals surface area contributed by atoms with Crippen LogP contribution in [0, 0.1) is 10.1 Å². The Balaban J connectivity index is 3.18. The van der Waals surface area contributed by atoms with Gasteiger partial charge in [-0.15, -0.1) is 13.2 Å². The summed E-state index contributed by atoms with van der Waals surface area (Å²) in [4.78, 5) is 15.6. The zero-order valence-electron chi connectivity index (χ0n) is 9.37. The fraction of sp³-hybridized carbons (Fsp3) is 0.182. The molecule has 0 unspecified atom stereocenters. The summed E-state index contributed by atoms with van der Waals surface area (Å²) in [6.07, 6.45) is 4.74. The molecule has 0 radical (unpaired) electrons. The number of anilines is 2. The van der Waals surface area contributed by atoms with Crippen molar-refractivity contribution in [1.29, 1.82) is 0 Å². The molecule has 0 fully saturated rings. The topological polar surface area (TPSA) is 85.3 Å². The van der Waals surface area contributed by atoms with E-state index in [9.17, 15) is 10.1 Å². The summed E-state index contributed by atoms with van der Waals surface area (Å²) in [6, 6.07) is 1.63. The molecule has 0 aliphatic rings. The Kier molecular flexibility index (Phi) is 4.21. The van der Waals surface area contributed by atoms with Crippen LogP contribution < -0.4 is 10.6 Å². The van der Waals surface area contributed by atoms with E-state index in [1.165, 1.54) is 6.20 Å². The molecule has 1 rings (SSSR count). The summed E-state index contributed by atoms with van der Waals surface area (Å²) in [6.45, 7) is 8.31. The zero-order chi connectivity index (χ0) is 12.8. The van der Waals surface area contributed by atoms with Crippen LogP contribution in [0.1, 0.15) is 0 Å². The number of nitrogens with zero attached hydrogens (tertiary/aromatic N) is 3. The Bertz CT molecular complexity index is 435. The highest BCUT2D eigenvalue weighted by Crippen LogP contribution is 2.29. The third-order valence-electron chi connectivity index (χ3n) is 2.16. The van der Waals surface area contributed by atoms with Crippen molar-refractivity contribution in [3.8, 4) is 0 Å². The minimum absolute atomic E-state index is 0.0567. The predicted octanol–water partition coefficient (Wildman–Crippen LogP) is 1.75. The predicted molar refractivity (Wildman–Crippen MR) is 67.9 cm³/mol. The van der Waals surface area contributed by atoms with Crippen LogP contribution in [-0.4, -0.2) is 23.0 Å². The van der Waals surface area contributed by atoms with Crippen LogP contribution >= 0.6 is 0 Å². The molecule has 17 heavy (non-hydrogen) atoms. The van der Waals surface area contributed by atoms with Crippen molar-refractivity contribution in [2.45, 2.75) is 0 Å². The molecule has 1 aromatic rings. The van der Waals surface area contributed by atoms with Gasteiger partial charge in [0.2, 0.25) is 0 Å². The second-order valence-electron chi connectivity index (χ2n) is 3.31. The highest BCUT2D eigenvalue weighted by atomic mass is 16.6. The van der Waals surface area contributed by atoms with E-state index in [0.29, 0.717) is 18.8 Å². The molecule has 0 saturated carbocycles. The molecule has 0 amide bonds. The fourth-order valence-electron chi connectivity index (χ4n) is 1.46. The van der Waals surface area contributed by atoms with Crippen LogP contribution in [0.2, 0.25) is 0 Å². The number of pyridine rings is 1. The van der Waals surface area contributed by atoms with Gasteiger partial charge in [-0.25, -0.2) is 0 Å². The zero-order valence-corrected chi connectivity index (χ0v) is 9.37. The van der Waals surface area contributed by atoms with Crippen LogP contribution in [0.3, 0.4) is 0 Å². The lowest BCUT2D eigenvalue weighted by Gasteiger charge is -2.22. The first-order valence-corrected chi connectivity index (χ1v) is 4.97. The van der Waals surface area contributed by atoms with Gasteiger partial charge in [0, 0.05) is 19.2 Å². The number of hydrogen-bond donors (Lipinski definition) is 1. The van der Waals surface area contributed by atoms with Crippen molar-refractivity contribution in [3.63, 3.8) is 0 Å². The number of nitro groups is 1. The van der Waals surface area contributed by atoms with Crippen molar-refractivity contribution < 1.29 is 4.92 Å². The smallest absolute Gasteiger partial charge is 0.388 e. The molecule has 6 nitrogen and oxygen atoms in total. The van der Waals surface area contributed by atoms with Crippen LogP contribution in [0.25, 0.3) is 0 Å². The number of aromatic nitrogens is 1. The summed E-state index contributed by atoms with van der Waals surface area (Å²) < 4.78 is 0. The summed E-state index contributed by atoms with van der Waals surface area (Å²) >= 11 is 0. The van der Waals surface area contributed by atoms with E-state index in [-0.39, 0.29) is 11.5 Å². The molecule has 6 heteroatoms. The molecule has 1 heterocycles. The average Bonchev–Trinajstić information content (AvgIpc) is 2.29. The second kappa shape index (κ2) is 5.64. The van der Waals surface area contributed by atoms with Crippen molar-refractivity contribution in [3.05, 3.63) is 47.7 Å². The van der Waals surface area contributed by atoms with Crippen molar-refractivity contribution in [2.24, 2.45) is 0 Å². The third kappa shape index (κ3) is 2.81. The maximum Gasteiger partial charge on any atom is 0.388 e. The Labute approximate surface area is 99.2 Å². The molecule has 0 saturated heterocycles. The number of nitrogens with two attached hydrogens (primary N) is 1. The normalized spacial score (nSPS) is 9.65. The molecule has 0 spiro atoms. The SMILES string of the molecule is C=CCN(CC=C)c1ccnc([N+](=O)[O-])c1N. The van der Waals surface area contributed by atoms with Gasteiger partial charge in [0.15, 0.2) is 5.69 Å². The van der Waals surface area contributed by atoms with Gasteiger partial charge >= 0.3 is 5.82 Å². The van der Waals surface area contributed by atoms with Crippen molar-refractivity contribution in [2.75, 3.05) is 23.7 Å². The fourth-order valence-corrected chi connectivity index (χ4v) is 1.46. The molecule has 0 aliphatic carbocycles. The highest BCUT2D eigenvalue weighted by molar-refractivity contribution is 5.74. The molecular formula is C11H14N4O2. The average molecular weight is 234 g/mol. The van der Waals surface area contributed by atoms with Crippen LogP contribution in [0.15, 0.2) is 37.6 Å². The molecule has 0 aromatic carbocycles. The van der Waals surface area contributed by atoms with Crippen molar-refractivity contribution in [1.82, 2.24) is 4.98 Å². The highest BCUT2D eigenvalue weighted by Gasteiger charge is 2.19. The first-order valence-electron chi connectivity index (χ1n) is 4.97. The molecule has 2 N–H and O–H groups in total. The van der Waals surface area contributed by atoms with Crippen LogP contribution in [0.4, 0.5) is 17.2 Å². The molecule has 0 atom stereocenters. The maximum atomic E-state index is 10.7. The van der Waals surface area contributed by atoms with E-state index in [1.54, 1.807) is 18.2 Å². The molecule has 90 valence electrons. The Morgan fingerprint density at radius 3 is 2.53 bits per heavy atom. The van der Waals surface area contributed by atoms with Gasteiger partial charge < -0.3 is 20.7 Å². The third-order valence-corrected chi connectivity index (χ3v) is 2.16.